The minimum atomic E-state index is -0.170. The van der Waals surface area contributed by atoms with Gasteiger partial charge in [0, 0.05) is 29.9 Å². The average molecular weight is 369 g/mol. The van der Waals surface area contributed by atoms with E-state index in [1.807, 2.05) is 24.3 Å². The Bertz CT molecular complexity index is 857. The van der Waals surface area contributed by atoms with Crippen LogP contribution in [0.4, 0.5) is 17.3 Å². The van der Waals surface area contributed by atoms with Crippen molar-refractivity contribution in [2.45, 2.75) is 0 Å². The van der Waals surface area contributed by atoms with Crippen LogP contribution in [0.15, 0.2) is 60.9 Å². The van der Waals surface area contributed by atoms with Crippen molar-refractivity contribution in [1.82, 2.24) is 20.5 Å². The number of aromatic nitrogens is 3. The van der Waals surface area contributed by atoms with E-state index in [2.05, 4.69) is 31.1 Å². The van der Waals surface area contributed by atoms with E-state index in [-0.39, 0.29) is 5.91 Å². The molecule has 2 heterocycles. The normalized spacial score (nSPS) is 10.2. The maximum atomic E-state index is 12.0. The van der Waals surface area contributed by atoms with Crippen molar-refractivity contribution in [2.75, 3.05) is 23.7 Å². The number of hydrogen-bond donors (Lipinski definition) is 3. The second-order valence-corrected chi connectivity index (χ2v) is 5.80. The Morgan fingerprint density at radius 3 is 2.58 bits per heavy atom. The fourth-order valence-corrected chi connectivity index (χ4v) is 2.37. The van der Waals surface area contributed by atoms with Gasteiger partial charge in [-0.15, -0.1) is 10.2 Å². The monoisotopic (exact) mass is 368 g/mol. The van der Waals surface area contributed by atoms with Crippen LogP contribution < -0.4 is 16.0 Å². The first-order chi connectivity index (χ1) is 12.7. The van der Waals surface area contributed by atoms with Crippen LogP contribution in [0.5, 0.6) is 0 Å². The SMILES string of the molecule is O=C(NCCNc1ccc(Nc2cccnc2)nn1)c1cccc(Cl)c1. The summed E-state index contributed by atoms with van der Waals surface area (Å²) in [7, 11) is 0. The lowest BCUT2D eigenvalue weighted by Gasteiger charge is -2.08. The lowest BCUT2D eigenvalue weighted by molar-refractivity contribution is 0.0955. The zero-order valence-corrected chi connectivity index (χ0v) is 14.6. The first-order valence-corrected chi connectivity index (χ1v) is 8.37. The number of anilines is 3. The molecule has 3 N–H and O–H groups in total. The molecule has 0 bridgehead atoms. The van der Waals surface area contributed by atoms with E-state index in [1.165, 1.54) is 0 Å². The van der Waals surface area contributed by atoms with E-state index >= 15 is 0 Å². The summed E-state index contributed by atoms with van der Waals surface area (Å²) >= 11 is 5.88. The Balaban J connectivity index is 1.43. The molecule has 132 valence electrons. The van der Waals surface area contributed by atoms with Crippen LogP contribution in [0.3, 0.4) is 0 Å². The smallest absolute Gasteiger partial charge is 0.251 e. The second-order valence-electron chi connectivity index (χ2n) is 5.36. The molecule has 0 fully saturated rings. The van der Waals surface area contributed by atoms with Crippen molar-refractivity contribution in [1.29, 1.82) is 0 Å². The molecule has 0 atom stereocenters. The standard InChI is InChI=1S/C18H17ClN6O/c19-14-4-1-3-13(11-14)18(26)22-10-9-21-16-6-7-17(25-24-16)23-15-5-2-8-20-12-15/h1-8,11-12H,9-10H2,(H,21,24)(H,22,26)(H,23,25). The van der Waals surface area contributed by atoms with E-state index in [0.717, 1.165) is 5.69 Å². The molecule has 0 aliphatic rings. The molecule has 0 spiro atoms. The van der Waals surface area contributed by atoms with Crippen LogP contribution in [-0.4, -0.2) is 34.2 Å². The molecule has 7 nitrogen and oxygen atoms in total. The van der Waals surface area contributed by atoms with E-state index in [0.29, 0.717) is 35.3 Å². The molecule has 0 aliphatic carbocycles. The summed E-state index contributed by atoms with van der Waals surface area (Å²) in [5.74, 6) is 1.08. The summed E-state index contributed by atoms with van der Waals surface area (Å²) in [4.78, 5) is 16.0. The van der Waals surface area contributed by atoms with Crippen molar-refractivity contribution in [3.05, 3.63) is 71.5 Å². The van der Waals surface area contributed by atoms with E-state index < -0.39 is 0 Å². The molecule has 0 unspecified atom stereocenters. The number of nitrogens with one attached hydrogen (secondary N) is 3. The number of pyridine rings is 1. The maximum absolute atomic E-state index is 12.0. The number of amides is 1. The third kappa shape index (κ3) is 5.15. The van der Waals surface area contributed by atoms with Crippen molar-refractivity contribution < 1.29 is 4.79 Å². The summed E-state index contributed by atoms with van der Waals surface area (Å²) in [6, 6.07) is 14.2. The number of halogens is 1. The third-order valence-corrected chi connectivity index (χ3v) is 3.64. The summed E-state index contributed by atoms with van der Waals surface area (Å²) in [6.07, 6.45) is 3.41. The molecule has 1 aromatic carbocycles. The summed E-state index contributed by atoms with van der Waals surface area (Å²) in [5.41, 5.74) is 1.37. The number of carbonyl (C=O) groups is 1. The zero-order chi connectivity index (χ0) is 18.2. The van der Waals surface area contributed by atoms with Crippen molar-refractivity contribution in [3.63, 3.8) is 0 Å². The summed E-state index contributed by atoms with van der Waals surface area (Å²) in [6.45, 7) is 0.971. The quantitative estimate of drug-likeness (QED) is 0.555. The van der Waals surface area contributed by atoms with Gasteiger partial charge in [0.05, 0.1) is 11.9 Å². The highest BCUT2D eigenvalue weighted by molar-refractivity contribution is 6.30. The van der Waals surface area contributed by atoms with Gasteiger partial charge in [-0.2, -0.15) is 0 Å². The highest BCUT2D eigenvalue weighted by Crippen LogP contribution is 2.13. The van der Waals surface area contributed by atoms with Crippen LogP contribution in [0, 0.1) is 0 Å². The minimum Gasteiger partial charge on any atom is -0.367 e. The molecule has 3 aromatic rings. The van der Waals surface area contributed by atoms with E-state index in [1.54, 1.807) is 36.7 Å². The maximum Gasteiger partial charge on any atom is 0.251 e. The van der Waals surface area contributed by atoms with Crippen molar-refractivity contribution in [2.24, 2.45) is 0 Å². The lowest BCUT2D eigenvalue weighted by Crippen LogP contribution is -2.28. The Labute approximate surface area is 155 Å². The topological polar surface area (TPSA) is 91.8 Å². The Kier molecular flexibility index (Phi) is 5.95. The number of rotatable bonds is 7. The second kappa shape index (κ2) is 8.77. The highest BCUT2D eigenvalue weighted by atomic mass is 35.5. The predicted molar refractivity (Wildman–Crippen MR) is 102 cm³/mol. The first kappa shape index (κ1) is 17.6. The molecule has 0 radical (unpaired) electrons. The molecule has 0 aliphatic heterocycles. The molecule has 8 heteroatoms. The van der Waals surface area contributed by atoms with Crippen LogP contribution in [-0.2, 0) is 0 Å². The van der Waals surface area contributed by atoms with E-state index in [9.17, 15) is 4.79 Å². The van der Waals surface area contributed by atoms with Crippen LogP contribution in [0.1, 0.15) is 10.4 Å². The van der Waals surface area contributed by atoms with Gasteiger partial charge in [0.15, 0.2) is 5.82 Å². The van der Waals surface area contributed by atoms with Crippen LogP contribution in [0.25, 0.3) is 0 Å². The molecule has 0 saturated heterocycles. The average Bonchev–Trinajstić information content (AvgIpc) is 2.67. The third-order valence-electron chi connectivity index (χ3n) is 3.40. The fraction of sp³-hybridized carbons (Fsp3) is 0.111. The van der Waals surface area contributed by atoms with Crippen LogP contribution in [0.2, 0.25) is 5.02 Å². The fourth-order valence-electron chi connectivity index (χ4n) is 2.18. The van der Waals surface area contributed by atoms with Gasteiger partial charge >= 0.3 is 0 Å². The minimum absolute atomic E-state index is 0.170. The molecular formula is C18H17ClN6O. The summed E-state index contributed by atoms with van der Waals surface area (Å²) < 4.78 is 0. The van der Waals surface area contributed by atoms with Crippen LogP contribution >= 0.6 is 11.6 Å². The Hall–Kier alpha value is -3.19. The highest BCUT2D eigenvalue weighted by Gasteiger charge is 2.05. The van der Waals surface area contributed by atoms with Gasteiger partial charge in [-0.1, -0.05) is 17.7 Å². The van der Waals surface area contributed by atoms with Crippen molar-refractivity contribution >= 4 is 34.8 Å². The first-order valence-electron chi connectivity index (χ1n) is 7.99. The number of benzene rings is 1. The molecule has 3 rings (SSSR count). The van der Waals surface area contributed by atoms with Crippen molar-refractivity contribution in [3.8, 4) is 0 Å². The molecule has 26 heavy (non-hydrogen) atoms. The van der Waals surface area contributed by atoms with Gasteiger partial charge in [0.25, 0.3) is 5.91 Å². The molecule has 0 saturated carbocycles. The molecule has 2 aromatic heterocycles. The molecular weight excluding hydrogens is 352 g/mol. The van der Waals surface area contributed by atoms with Gasteiger partial charge in [0.1, 0.15) is 5.82 Å². The van der Waals surface area contributed by atoms with Gasteiger partial charge in [-0.05, 0) is 42.5 Å². The zero-order valence-electron chi connectivity index (χ0n) is 13.8. The largest absolute Gasteiger partial charge is 0.367 e. The van der Waals surface area contributed by atoms with Gasteiger partial charge < -0.3 is 16.0 Å². The molecule has 1 amide bonds. The van der Waals surface area contributed by atoms with Gasteiger partial charge in [-0.3, -0.25) is 9.78 Å². The Morgan fingerprint density at radius 2 is 1.85 bits per heavy atom. The number of nitrogens with zero attached hydrogens (tertiary/aromatic N) is 3. The van der Waals surface area contributed by atoms with E-state index in [4.69, 9.17) is 11.6 Å². The number of carbonyl (C=O) groups excluding carboxylic acids is 1. The predicted octanol–water partition coefficient (Wildman–Crippen LogP) is 3.11. The number of hydrogen-bond acceptors (Lipinski definition) is 6. The lowest BCUT2D eigenvalue weighted by atomic mass is 10.2. The summed E-state index contributed by atoms with van der Waals surface area (Å²) in [5, 5.41) is 17.7. The van der Waals surface area contributed by atoms with Gasteiger partial charge in [-0.25, -0.2) is 0 Å². The Morgan fingerprint density at radius 1 is 1.00 bits per heavy atom. The van der Waals surface area contributed by atoms with Gasteiger partial charge in [0.2, 0.25) is 0 Å².